The van der Waals surface area contributed by atoms with Gasteiger partial charge >= 0.3 is 9.46 Å². The molecule has 0 nitrogen and oxygen atoms in total. The van der Waals surface area contributed by atoms with E-state index >= 15 is 0 Å². The highest BCUT2D eigenvalue weighted by molar-refractivity contribution is 6.43. The summed E-state index contributed by atoms with van der Waals surface area (Å²) in [6.45, 7) is 2.03. The lowest BCUT2D eigenvalue weighted by molar-refractivity contribution is 0.663. The Bertz CT molecular complexity index is 81.1. The first-order valence-electron chi connectivity index (χ1n) is 3.20. The van der Waals surface area contributed by atoms with E-state index in [4.69, 9.17) is 0 Å². The zero-order valence-corrected chi connectivity index (χ0v) is 6.76. The Morgan fingerprint density at radius 1 is 1.33 bits per heavy atom. The average molecular weight is 150 g/mol. The number of unbranched alkanes of at least 4 members (excludes halogenated alkanes) is 1. The van der Waals surface area contributed by atoms with Crippen LogP contribution in [0.25, 0.3) is 0 Å². The van der Waals surface area contributed by atoms with Crippen LogP contribution < -0.4 is 0 Å². The monoisotopic (exact) mass is 150 g/mol. The predicted molar refractivity (Wildman–Crippen MR) is 38.2 cm³/mol. The lowest BCUT2D eigenvalue weighted by Gasteiger charge is -1.86. The van der Waals surface area contributed by atoms with E-state index in [0.29, 0.717) is 0 Å². The quantitative estimate of drug-likeness (QED) is 0.328. The topological polar surface area (TPSA) is 0 Å². The van der Waals surface area contributed by atoms with Gasteiger partial charge in [-0.1, -0.05) is 25.5 Å². The van der Waals surface area contributed by atoms with E-state index in [1.54, 1.807) is 6.08 Å². The number of hydrogen-bond donors (Lipinski definition) is 0. The van der Waals surface area contributed by atoms with Crippen LogP contribution in [0.15, 0.2) is 12.2 Å². The molecule has 0 amide bonds. The van der Waals surface area contributed by atoms with Crippen molar-refractivity contribution in [2.45, 2.75) is 25.8 Å². The molecule has 0 rings (SSSR count). The van der Waals surface area contributed by atoms with Crippen molar-refractivity contribution < 1.29 is 8.22 Å². The predicted octanol–water partition coefficient (Wildman–Crippen LogP) is 2.50. The van der Waals surface area contributed by atoms with E-state index in [1.807, 2.05) is 13.0 Å². The van der Waals surface area contributed by atoms with Gasteiger partial charge in [-0.25, -0.2) is 0 Å². The summed E-state index contributed by atoms with van der Waals surface area (Å²) in [7, 11) is -3.30. The fourth-order valence-corrected chi connectivity index (χ4v) is 0.882. The Hall–Kier alpha value is -0.183. The molecule has 0 heterocycles. The Labute approximate surface area is 56.5 Å². The molecule has 0 radical (unpaired) electrons. The summed E-state index contributed by atoms with van der Waals surface area (Å²) in [5.41, 5.74) is 0. The number of hydrogen-bond acceptors (Lipinski definition) is 0. The van der Waals surface area contributed by atoms with E-state index in [2.05, 4.69) is 0 Å². The molecule has 0 aromatic carbocycles. The highest BCUT2D eigenvalue weighted by Gasteiger charge is 2.01. The van der Waals surface area contributed by atoms with Crippen molar-refractivity contribution in [3.05, 3.63) is 12.2 Å². The van der Waals surface area contributed by atoms with Crippen molar-refractivity contribution in [2.75, 3.05) is 0 Å². The van der Waals surface area contributed by atoms with Gasteiger partial charge in [-0.15, -0.1) is 0 Å². The second kappa shape index (κ2) is 5.94. The fourth-order valence-electron chi connectivity index (χ4n) is 0.484. The lowest BCUT2D eigenvalue weighted by atomic mass is 10.3. The zero-order valence-electron chi connectivity index (χ0n) is 5.61. The Morgan fingerprint density at radius 3 is 2.44 bits per heavy atom. The summed E-state index contributed by atoms with van der Waals surface area (Å²) < 4.78 is 23.1. The van der Waals surface area contributed by atoms with Crippen LogP contribution in [0.5, 0.6) is 0 Å². The number of halogens is 2. The molecule has 0 saturated carbocycles. The van der Waals surface area contributed by atoms with Crippen LogP contribution in [-0.4, -0.2) is 9.46 Å². The van der Waals surface area contributed by atoms with Crippen molar-refractivity contribution in [3.63, 3.8) is 0 Å². The molecule has 54 valence electrons. The Kier molecular flexibility index (Phi) is 5.82. The van der Waals surface area contributed by atoms with Crippen molar-refractivity contribution in [2.24, 2.45) is 0 Å². The summed E-state index contributed by atoms with van der Waals surface area (Å²) in [6.07, 6.45) is 5.40. The van der Waals surface area contributed by atoms with E-state index in [1.165, 1.54) is 0 Å². The molecule has 0 aliphatic heterocycles. The molecule has 0 N–H and O–H groups in total. The van der Waals surface area contributed by atoms with Crippen LogP contribution in [0.1, 0.15) is 19.8 Å². The third-order valence-corrected chi connectivity index (χ3v) is 1.56. The molecule has 0 fully saturated rings. The molecular weight excluding hydrogens is 138 g/mol. The molecule has 3 heteroatoms. The maximum atomic E-state index is 11.5. The van der Waals surface area contributed by atoms with Crippen LogP contribution in [0.2, 0.25) is 6.04 Å². The summed E-state index contributed by atoms with van der Waals surface area (Å²) in [6, 6.07) is 0.0417. The first-order valence-corrected chi connectivity index (χ1v) is 4.89. The highest BCUT2D eigenvalue weighted by atomic mass is 28.4. The van der Waals surface area contributed by atoms with Gasteiger partial charge in [0, 0.05) is 6.04 Å². The summed E-state index contributed by atoms with van der Waals surface area (Å²) in [5, 5.41) is 0. The van der Waals surface area contributed by atoms with Crippen LogP contribution in [-0.2, 0) is 0 Å². The van der Waals surface area contributed by atoms with Gasteiger partial charge in [0.2, 0.25) is 0 Å². The molecule has 0 saturated heterocycles. The minimum Gasteiger partial charge on any atom is -0.274 e. The SMILES string of the molecule is CCCC=CC[SiH](F)F. The van der Waals surface area contributed by atoms with E-state index in [-0.39, 0.29) is 6.04 Å². The Balaban J connectivity index is 3.04. The first kappa shape index (κ1) is 8.82. The molecule has 0 atom stereocenters. The largest absolute Gasteiger partial charge is 0.415 e. The summed E-state index contributed by atoms with van der Waals surface area (Å²) >= 11 is 0. The van der Waals surface area contributed by atoms with Gasteiger partial charge < -0.3 is 0 Å². The third kappa shape index (κ3) is 7.82. The minimum atomic E-state index is -3.30. The lowest BCUT2D eigenvalue weighted by Crippen LogP contribution is -1.90. The van der Waals surface area contributed by atoms with Crippen LogP contribution in [0, 0.1) is 0 Å². The maximum absolute atomic E-state index is 11.5. The minimum absolute atomic E-state index is 0.0417. The van der Waals surface area contributed by atoms with Crippen LogP contribution in [0.3, 0.4) is 0 Å². The summed E-state index contributed by atoms with van der Waals surface area (Å²) in [5.74, 6) is 0. The van der Waals surface area contributed by atoms with E-state index in [0.717, 1.165) is 12.8 Å². The molecule has 0 aromatic rings. The van der Waals surface area contributed by atoms with Crippen LogP contribution >= 0.6 is 0 Å². The normalized spacial score (nSPS) is 11.6. The maximum Gasteiger partial charge on any atom is 0.415 e. The molecule has 0 bridgehead atoms. The van der Waals surface area contributed by atoms with Gasteiger partial charge in [0.05, 0.1) is 0 Å². The fraction of sp³-hybridized carbons (Fsp3) is 0.667. The van der Waals surface area contributed by atoms with Crippen LogP contribution in [0.4, 0.5) is 8.22 Å². The third-order valence-electron chi connectivity index (χ3n) is 0.936. The number of rotatable bonds is 4. The first-order chi connectivity index (χ1) is 4.27. The molecule has 0 aromatic heterocycles. The van der Waals surface area contributed by atoms with Gasteiger partial charge in [0.25, 0.3) is 0 Å². The van der Waals surface area contributed by atoms with Crippen molar-refractivity contribution in [3.8, 4) is 0 Å². The van der Waals surface area contributed by atoms with Crippen molar-refractivity contribution in [1.82, 2.24) is 0 Å². The van der Waals surface area contributed by atoms with Gasteiger partial charge in [-0.05, 0) is 6.42 Å². The van der Waals surface area contributed by atoms with Gasteiger partial charge in [-0.2, -0.15) is 0 Å². The second-order valence-corrected chi connectivity index (χ2v) is 3.14. The standard InChI is InChI=1S/C6H12F2Si/c1-2-3-4-5-6-9(7)8/h4-5,9H,2-3,6H2,1H3. The highest BCUT2D eigenvalue weighted by Crippen LogP contribution is 1.98. The Morgan fingerprint density at radius 2 is 2.00 bits per heavy atom. The van der Waals surface area contributed by atoms with Gasteiger partial charge in [-0.3, -0.25) is 8.22 Å². The average Bonchev–Trinajstić information content (AvgIpc) is 1.80. The van der Waals surface area contributed by atoms with Gasteiger partial charge in [0.15, 0.2) is 0 Å². The second-order valence-electron chi connectivity index (χ2n) is 1.89. The molecule has 0 aliphatic carbocycles. The van der Waals surface area contributed by atoms with Crippen molar-refractivity contribution >= 4 is 9.46 Å². The summed E-state index contributed by atoms with van der Waals surface area (Å²) in [4.78, 5) is 0. The molecule has 0 unspecified atom stereocenters. The molecule has 9 heavy (non-hydrogen) atoms. The van der Waals surface area contributed by atoms with E-state index < -0.39 is 9.46 Å². The smallest absolute Gasteiger partial charge is 0.274 e. The van der Waals surface area contributed by atoms with Gasteiger partial charge in [0.1, 0.15) is 0 Å². The number of allylic oxidation sites excluding steroid dienone is 2. The zero-order chi connectivity index (χ0) is 7.11. The molecule has 0 spiro atoms. The molecule has 0 aliphatic rings. The van der Waals surface area contributed by atoms with Crippen molar-refractivity contribution in [1.29, 1.82) is 0 Å². The molecular formula is C6H12F2Si. The van der Waals surface area contributed by atoms with E-state index in [9.17, 15) is 8.22 Å².